The first kappa shape index (κ1) is 13.4. The molecule has 2 rings (SSSR count). The van der Waals surface area contributed by atoms with Crippen molar-refractivity contribution in [3.05, 3.63) is 53.6 Å². The van der Waals surface area contributed by atoms with E-state index in [4.69, 9.17) is 9.47 Å². The zero-order valence-corrected chi connectivity index (χ0v) is 11.6. The topological polar surface area (TPSA) is 31.4 Å². The van der Waals surface area contributed by atoms with Crippen molar-refractivity contribution in [2.75, 3.05) is 7.11 Å². The molecule has 0 bridgehead atoms. The fraction of sp³-hybridized carbons (Fsp3) is 0.312. The standard InChI is InChI=1S/C16H19NO2/c1-12(2)14-9-10-15(18-3)17-16(14)19-11-13-7-5-4-6-8-13/h4-10,12H,11H2,1-3H3. The fourth-order valence-electron chi connectivity index (χ4n) is 1.83. The molecule has 100 valence electrons. The van der Waals surface area contributed by atoms with E-state index in [1.165, 1.54) is 0 Å². The maximum Gasteiger partial charge on any atom is 0.220 e. The van der Waals surface area contributed by atoms with E-state index in [1.807, 2.05) is 42.5 Å². The Morgan fingerprint density at radius 3 is 2.42 bits per heavy atom. The smallest absolute Gasteiger partial charge is 0.220 e. The highest BCUT2D eigenvalue weighted by Crippen LogP contribution is 2.27. The quantitative estimate of drug-likeness (QED) is 0.816. The number of ether oxygens (including phenoxy) is 2. The van der Waals surface area contributed by atoms with Crippen molar-refractivity contribution in [2.45, 2.75) is 26.4 Å². The summed E-state index contributed by atoms with van der Waals surface area (Å²) in [5.74, 6) is 1.59. The van der Waals surface area contributed by atoms with Crippen LogP contribution in [-0.2, 0) is 6.61 Å². The van der Waals surface area contributed by atoms with Crippen molar-refractivity contribution in [1.82, 2.24) is 4.98 Å². The molecule has 0 aliphatic heterocycles. The Bertz CT molecular complexity index is 524. The second kappa shape index (κ2) is 6.23. The summed E-state index contributed by atoms with van der Waals surface area (Å²) in [6.45, 7) is 4.76. The number of pyridine rings is 1. The van der Waals surface area contributed by atoms with Gasteiger partial charge in [0.1, 0.15) is 6.61 Å². The first-order valence-electron chi connectivity index (χ1n) is 6.42. The lowest BCUT2D eigenvalue weighted by Gasteiger charge is -2.14. The van der Waals surface area contributed by atoms with Crippen LogP contribution < -0.4 is 9.47 Å². The number of nitrogens with zero attached hydrogens (tertiary/aromatic N) is 1. The Morgan fingerprint density at radius 1 is 1.05 bits per heavy atom. The van der Waals surface area contributed by atoms with Crippen LogP contribution in [0.15, 0.2) is 42.5 Å². The zero-order chi connectivity index (χ0) is 13.7. The minimum atomic E-state index is 0.365. The van der Waals surface area contributed by atoms with E-state index in [-0.39, 0.29) is 0 Å². The molecule has 3 nitrogen and oxygen atoms in total. The highest BCUT2D eigenvalue weighted by atomic mass is 16.5. The molecule has 0 amide bonds. The van der Waals surface area contributed by atoms with Crippen LogP contribution in [0.3, 0.4) is 0 Å². The molecule has 1 heterocycles. The predicted octanol–water partition coefficient (Wildman–Crippen LogP) is 3.79. The minimum Gasteiger partial charge on any atom is -0.481 e. The number of hydrogen-bond acceptors (Lipinski definition) is 3. The third-order valence-corrected chi connectivity index (χ3v) is 2.91. The van der Waals surface area contributed by atoms with E-state index in [0.29, 0.717) is 24.3 Å². The van der Waals surface area contributed by atoms with E-state index in [9.17, 15) is 0 Å². The Morgan fingerprint density at radius 2 is 1.79 bits per heavy atom. The van der Waals surface area contributed by atoms with Gasteiger partial charge in [-0.15, -0.1) is 0 Å². The molecule has 0 saturated carbocycles. The van der Waals surface area contributed by atoms with E-state index in [0.717, 1.165) is 11.1 Å². The van der Waals surface area contributed by atoms with Gasteiger partial charge in [-0.1, -0.05) is 44.2 Å². The molecule has 19 heavy (non-hydrogen) atoms. The van der Waals surface area contributed by atoms with E-state index < -0.39 is 0 Å². The molecule has 2 aromatic rings. The summed E-state index contributed by atoms with van der Waals surface area (Å²) in [5, 5.41) is 0. The second-order valence-corrected chi connectivity index (χ2v) is 4.68. The van der Waals surface area contributed by atoms with Gasteiger partial charge in [0.25, 0.3) is 0 Å². The van der Waals surface area contributed by atoms with Crippen molar-refractivity contribution in [3.63, 3.8) is 0 Å². The number of rotatable bonds is 5. The monoisotopic (exact) mass is 257 g/mol. The highest BCUT2D eigenvalue weighted by molar-refractivity contribution is 5.33. The third kappa shape index (κ3) is 3.47. The van der Waals surface area contributed by atoms with Crippen LogP contribution in [-0.4, -0.2) is 12.1 Å². The number of benzene rings is 1. The Kier molecular flexibility index (Phi) is 4.39. The Labute approximate surface area is 114 Å². The van der Waals surface area contributed by atoms with Crippen LogP contribution in [0.25, 0.3) is 0 Å². The Balaban J connectivity index is 2.18. The van der Waals surface area contributed by atoms with E-state index >= 15 is 0 Å². The first-order valence-corrected chi connectivity index (χ1v) is 6.42. The molecule has 0 aliphatic rings. The zero-order valence-electron chi connectivity index (χ0n) is 11.6. The third-order valence-electron chi connectivity index (χ3n) is 2.91. The van der Waals surface area contributed by atoms with Gasteiger partial charge in [-0.2, -0.15) is 4.98 Å². The van der Waals surface area contributed by atoms with Crippen LogP contribution >= 0.6 is 0 Å². The molecule has 0 unspecified atom stereocenters. The van der Waals surface area contributed by atoms with Gasteiger partial charge in [-0.05, 0) is 17.5 Å². The predicted molar refractivity (Wildman–Crippen MR) is 75.7 cm³/mol. The second-order valence-electron chi connectivity index (χ2n) is 4.68. The van der Waals surface area contributed by atoms with Gasteiger partial charge in [-0.3, -0.25) is 0 Å². The lowest BCUT2D eigenvalue weighted by atomic mass is 10.1. The molecule has 3 heteroatoms. The maximum absolute atomic E-state index is 5.84. The minimum absolute atomic E-state index is 0.365. The van der Waals surface area contributed by atoms with Crippen molar-refractivity contribution in [3.8, 4) is 11.8 Å². The summed E-state index contributed by atoms with van der Waals surface area (Å²) in [6.07, 6.45) is 0. The van der Waals surface area contributed by atoms with E-state index in [2.05, 4.69) is 18.8 Å². The van der Waals surface area contributed by atoms with Crippen LogP contribution in [0.2, 0.25) is 0 Å². The number of aromatic nitrogens is 1. The average Bonchev–Trinajstić information content (AvgIpc) is 2.45. The summed E-state index contributed by atoms with van der Waals surface area (Å²) in [6, 6.07) is 13.9. The van der Waals surface area contributed by atoms with Gasteiger partial charge in [0, 0.05) is 11.6 Å². The highest BCUT2D eigenvalue weighted by Gasteiger charge is 2.11. The summed E-state index contributed by atoms with van der Waals surface area (Å²) >= 11 is 0. The van der Waals surface area contributed by atoms with Crippen molar-refractivity contribution >= 4 is 0 Å². The number of methoxy groups -OCH3 is 1. The van der Waals surface area contributed by atoms with Gasteiger partial charge in [-0.25, -0.2) is 0 Å². The molecular weight excluding hydrogens is 238 g/mol. The van der Waals surface area contributed by atoms with Crippen molar-refractivity contribution in [2.24, 2.45) is 0 Å². The maximum atomic E-state index is 5.84. The SMILES string of the molecule is COc1ccc(C(C)C)c(OCc2ccccc2)n1. The van der Waals surface area contributed by atoms with Crippen LogP contribution in [0, 0.1) is 0 Å². The van der Waals surface area contributed by atoms with Crippen molar-refractivity contribution < 1.29 is 9.47 Å². The lowest BCUT2D eigenvalue weighted by Crippen LogP contribution is -2.03. The average molecular weight is 257 g/mol. The van der Waals surface area contributed by atoms with Crippen LogP contribution in [0.5, 0.6) is 11.8 Å². The van der Waals surface area contributed by atoms with Gasteiger partial charge in [0.2, 0.25) is 11.8 Å². The summed E-state index contributed by atoms with van der Waals surface area (Å²) in [5.41, 5.74) is 2.22. The number of hydrogen-bond donors (Lipinski definition) is 0. The lowest BCUT2D eigenvalue weighted by molar-refractivity contribution is 0.282. The largest absolute Gasteiger partial charge is 0.481 e. The fourth-order valence-corrected chi connectivity index (χ4v) is 1.83. The summed E-state index contributed by atoms with van der Waals surface area (Å²) < 4.78 is 11.0. The van der Waals surface area contributed by atoms with Gasteiger partial charge >= 0.3 is 0 Å². The molecule has 1 aromatic heterocycles. The molecule has 0 saturated heterocycles. The van der Waals surface area contributed by atoms with Gasteiger partial charge < -0.3 is 9.47 Å². The summed E-state index contributed by atoms with van der Waals surface area (Å²) in [4.78, 5) is 4.38. The molecule has 0 aliphatic carbocycles. The van der Waals surface area contributed by atoms with Crippen LogP contribution in [0.4, 0.5) is 0 Å². The molecule has 0 spiro atoms. The Hall–Kier alpha value is -2.03. The van der Waals surface area contributed by atoms with Gasteiger partial charge in [0.05, 0.1) is 7.11 Å². The van der Waals surface area contributed by atoms with Gasteiger partial charge in [0.15, 0.2) is 0 Å². The van der Waals surface area contributed by atoms with E-state index in [1.54, 1.807) is 7.11 Å². The molecule has 1 aromatic carbocycles. The van der Waals surface area contributed by atoms with Crippen molar-refractivity contribution in [1.29, 1.82) is 0 Å². The normalized spacial score (nSPS) is 10.5. The molecule has 0 radical (unpaired) electrons. The molecule has 0 fully saturated rings. The molecule has 0 atom stereocenters. The van der Waals surface area contributed by atoms with Crippen LogP contribution in [0.1, 0.15) is 30.9 Å². The summed E-state index contributed by atoms with van der Waals surface area (Å²) in [7, 11) is 1.61. The first-order chi connectivity index (χ1) is 9.20. The molecular formula is C16H19NO2. The molecule has 0 N–H and O–H groups in total.